The molecule has 108 valence electrons. The van der Waals surface area contributed by atoms with E-state index in [2.05, 4.69) is 26.8 Å². The second-order valence-corrected chi connectivity index (χ2v) is 4.69. The Morgan fingerprint density at radius 1 is 1.29 bits per heavy atom. The predicted octanol–water partition coefficient (Wildman–Crippen LogP) is 2.11. The van der Waals surface area contributed by atoms with Gasteiger partial charge in [-0.25, -0.2) is 15.8 Å². The number of nitrogen functional groups attached to an aromatic ring is 1. The molecule has 0 saturated carbocycles. The largest absolute Gasteiger partial charge is 0.495 e. The first-order chi connectivity index (χ1) is 10.2. The summed E-state index contributed by atoms with van der Waals surface area (Å²) in [7, 11) is 1.54. The molecule has 7 nitrogen and oxygen atoms in total. The van der Waals surface area contributed by atoms with Gasteiger partial charge in [0.15, 0.2) is 5.16 Å². The zero-order valence-electron chi connectivity index (χ0n) is 11.5. The zero-order chi connectivity index (χ0) is 15.2. The molecule has 0 amide bonds. The van der Waals surface area contributed by atoms with Crippen LogP contribution in [0.1, 0.15) is 5.56 Å². The Hall–Kier alpha value is -2.50. The van der Waals surface area contributed by atoms with E-state index in [1.54, 1.807) is 31.4 Å². The van der Waals surface area contributed by atoms with E-state index >= 15 is 0 Å². The fraction of sp³-hybridized carbons (Fsp3) is 0.154. The minimum Gasteiger partial charge on any atom is -0.495 e. The van der Waals surface area contributed by atoms with Crippen LogP contribution >= 0.6 is 11.8 Å². The minimum atomic E-state index is 0.504. The van der Waals surface area contributed by atoms with Crippen LogP contribution in [0.5, 0.6) is 5.75 Å². The van der Waals surface area contributed by atoms with Crippen LogP contribution in [-0.4, -0.2) is 23.3 Å². The number of thioether (sulfide) groups is 1. The van der Waals surface area contributed by atoms with Gasteiger partial charge in [0.1, 0.15) is 17.4 Å². The van der Waals surface area contributed by atoms with Crippen LogP contribution in [0.2, 0.25) is 0 Å². The summed E-state index contributed by atoms with van der Waals surface area (Å²) in [6.45, 7) is 0. The number of nitrogens with zero attached hydrogens (tertiary/aromatic N) is 3. The third-order valence-corrected chi connectivity index (χ3v) is 3.18. The number of nitrogens with two attached hydrogens (primary N) is 1. The molecule has 0 fully saturated rings. The van der Waals surface area contributed by atoms with Crippen molar-refractivity contribution in [3.63, 3.8) is 0 Å². The number of benzene rings is 1. The minimum absolute atomic E-state index is 0.504. The van der Waals surface area contributed by atoms with Crippen molar-refractivity contribution in [2.75, 3.05) is 24.1 Å². The maximum Gasteiger partial charge on any atom is 0.191 e. The van der Waals surface area contributed by atoms with E-state index < -0.39 is 0 Å². The van der Waals surface area contributed by atoms with Crippen LogP contribution in [0, 0.1) is 11.3 Å². The molecule has 0 aliphatic carbocycles. The molecule has 1 aromatic heterocycles. The van der Waals surface area contributed by atoms with E-state index in [0.717, 1.165) is 0 Å². The molecule has 0 atom stereocenters. The molecular weight excluding hydrogens is 288 g/mol. The number of hydrogen-bond donors (Lipinski definition) is 3. The normalized spacial score (nSPS) is 9.81. The highest BCUT2D eigenvalue weighted by Gasteiger charge is 2.08. The van der Waals surface area contributed by atoms with Crippen molar-refractivity contribution in [2.24, 2.45) is 5.84 Å². The van der Waals surface area contributed by atoms with Gasteiger partial charge < -0.3 is 15.5 Å². The van der Waals surface area contributed by atoms with Gasteiger partial charge >= 0.3 is 0 Å². The number of nitrogens with one attached hydrogen (secondary N) is 2. The molecule has 1 aromatic carbocycles. The first kappa shape index (κ1) is 14.9. The number of anilines is 3. The highest BCUT2D eigenvalue weighted by Crippen LogP contribution is 2.29. The summed E-state index contributed by atoms with van der Waals surface area (Å²) in [5.41, 5.74) is 3.72. The summed E-state index contributed by atoms with van der Waals surface area (Å²) >= 11 is 1.41. The van der Waals surface area contributed by atoms with Crippen LogP contribution < -0.4 is 21.3 Å². The molecule has 2 rings (SSSR count). The lowest BCUT2D eigenvalue weighted by molar-refractivity contribution is 0.416. The Kier molecular flexibility index (Phi) is 4.81. The van der Waals surface area contributed by atoms with Gasteiger partial charge in [-0.05, 0) is 18.4 Å². The van der Waals surface area contributed by atoms with Crippen molar-refractivity contribution in [1.29, 1.82) is 5.26 Å². The van der Waals surface area contributed by atoms with Gasteiger partial charge in [0.05, 0.1) is 24.4 Å². The Balaban J connectivity index is 2.35. The van der Waals surface area contributed by atoms with Crippen molar-refractivity contribution >= 4 is 29.1 Å². The fourth-order valence-electron chi connectivity index (χ4n) is 1.66. The van der Waals surface area contributed by atoms with Crippen LogP contribution in [0.3, 0.4) is 0 Å². The summed E-state index contributed by atoms with van der Waals surface area (Å²) in [6.07, 6.45) is 1.88. The molecule has 0 spiro atoms. The van der Waals surface area contributed by atoms with Gasteiger partial charge in [-0.3, -0.25) is 0 Å². The number of hydrogen-bond acceptors (Lipinski definition) is 8. The number of hydrazine groups is 1. The van der Waals surface area contributed by atoms with Crippen LogP contribution in [0.25, 0.3) is 0 Å². The van der Waals surface area contributed by atoms with Gasteiger partial charge in [0.2, 0.25) is 0 Å². The van der Waals surface area contributed by atoms with Crippen molar-refractivity contribution < 1.29 is 4.74 Å². The van der Waals surface area contributed by atoms with E-state index in [1.165, 1.54) is 11.8 Å². The van der Waals surface area contributed by atoms with Crippen molar-refractivity contribution in [3.05, 3.63) is 29.8 Å². The molecule has 0 radical (unpaired) electrons. The summed E-state index contributed by atoms with van der Waals surface area (Å²) in [5.74, 6) is 7.03. The highest BCUT2D eigenvalue weighted by atomic mass is 32.2. The highest BCUT2D eigenvalue weighted by molar-refractivity contribution is 7.98. The van der Waals surface area contributed by atoms with Crippen molar-refractivity contribution in [1.82, 2.24) is 9.97 Å². The lowest BCUT2D eigenvalue weighted by Gasteiger charge is -2.12. The third-order valence-electron chi connectivity index (χ3n) is 2.63. The van der Waals surface area contributed by atoms with E-state index in [4.69, 9.17) is 15.8 Å². The molecule has 1 heterocycles. The topological polar surface area (TPSA) is 109 Å². The Morgan fingerprint density at radius 2 is 2.05 bits per heavy atom. The molecule has 0 aliphatic heterocycles. The summed E-state index contributed by atoms with van der Waals surface area (Å²) in [6, 6.07) is 8.85. The molecule has 2 aromatic rings. The van der Waals surface area contributed by atoms with Crippen LogP contribution in [-0.2, 0) is 0 Å². The second-order valence-electron chi connectivity index (χ2n) is 3.92. The van der Waals surface area contributed by atoms with Gasteiger partial charge in [-0.2, -0.15) is 5.26 Å². The molecule has 8 heteroatoms. The smallest absolute Gasteiger partial charge is 0.191 e. The summed E-state index contributed by atoms with van der Waals surface area (Å²) < 4.78 is 5.27. The maximum absolute atomic E-state index is 8.90. The lowest BCUT2D eigenvalue weighted by atomic mass is 10.2. The Morgan fingerprint density at radius 3 is 2.67 bits per heavy atom. The van der Waals surface area contributed by atoms with Crippen molar-refractivity contribution in [2.45, 2.75) is 5.16 Å². The lowest BCUT2D eigenvalue weighted by Crippen LogP contribution is -2.10. The first-order valence-corrected chi connectivity index (χ1v) is 7.17. The first-order valence-electron chi connectivity index (χ1n) is 5.95. The van der Waals surface area contributed by atoms with Gasteiger partial charge in [0.25, 0.3) is 0 Å². The van der Waals surface area contributed by atoms with E-state index in [0.29, 0.717) is 33.8 Å². The number of nitriles is 1. The average Bonchev–Trinajstić information content (AvgIpc) is 2.54. The average molecular weight is 302 g/mol. The molecular formula is C13H14N6OS. The standard InChI is InChI=1S/C13H14N6OS/c1-20-10-5-8(7-14)3-4-9(10)16-11-6-12(19-15)18-13(17-11)21-2/h3-6H,15H2,1-2H3,(H2,16,17,18,19). The quantitative estimate of drug-likeness (QED) is 0.333. The number of rotatable bonds is 5. The molecule has 0 unspecified atom stereocenters. The summed E-state index contributed by atoms with van der Waals surface area (Å²) in [4.78, 5) is 8.52. The molecule has 4 N–H and O–H groups in total. The Labute approximate surface area is 126 Å². The fourth-order valence-corrected chi connectivity index (χ4v) is 2.04. The van der Waals surface area contributed by atoms with E-state index in [-0.39, 0.29) is 0 Å². The molecule has 0 bridgehead atoms. The zero-order valence-corrected chi connectivity index (χ0v) is 12.4. The van der Waals surface area contributed by atoms with Crippen LogP contribution in [0.15, 0.2) is 29.4 Å². The Bertz CT molecular complexity index is 663. The maximum atomic E-state index is 8.90. The number of methoxy groups -OCH3 is 1. The number of ether oxygens (including phenoxy) is 1. The van der Waals surface area contributed by atoms with Crippen molar-refractivity contribution in [3.8, 4) is 11.8 Å². The molecule has 0 saturated heterocycles. The molecule has 21 heavy (non-hydrogen) atoms. The SMILES string of the molecule is COc1cc(C#N)ccc1Nc1cc(NN)nc(SC)n1. The second kappa shape index (κ2) is 6.78. The van der Waals surface area contributed by atoms with Crippen LogP contribution in [0.4, 0.5) is 17.3 Å². The van der Waals surface area contributed by atoms with Gasteiger partial charge in [-0.15, -0.1) is 0 Å². The van der Waals surface area contributed by atoms with E-state index in [9.17, 15) is 0 Å². The predicted molar refractivity (Wildman–Crippen MR) is 82.6 cm³/mol. The van der Waals surface area contributed by atoms with Gasteiger partial charge in [0, 0.05) is 12.1 Å². The van der Waals surface area contributed by atoms with E-state index in [1.807, 2.05) is 6.26 Å². The summed E-state index contributed by atoms with van der Waals surface area (Å²) in [5, 5.41) is 12.6. The molecule has 0 aliphatic rings. The third kappa shape index (κ3) is 3.53. The van der Waals surface area contributed by atoms with Gasteiger partial charge in [-0.1, -0.05) is 11.8 Å². The number of aromatic nitrogens is 2. The monoisotopic (exact) mass is 302 g/mol.